The van der Waals surface area contributed by atoms with Crippen molar-refractivity contribution in [3.05, 3.63) is 52.6 Å². The van der Waals surface area contributed by atoms with Crippen molar-refractivity contribution in [3.8, 4) is 34.3 Å². The van der Waals surface area contributed by atoms with Gasteiger partial charge in [-0.05, 0) is 31.2 Å². The van der Waals surface area contributed by atoms with E-state index >= 15 is 4.39 Å². The number of pyridine rings is 1. The third-order valence-corrected chi connectivity index (χ3v) is 6.11. The Morgan fingerprint density at radius 1 is 1.06 bits per heavy atom. The maximum absolute atomic E-state index is 15.1. The van der Waals surface area contributed by atoms with Crippen LogP contribution in [-0.2, 0) is 11.3 Å². The Morgan fingerprint density at radius 3 is 2.43 bits per heavy atom. The molecule has 2 aromatic carbocycles. The van der Waals surface area contributed by atoms with E-state index in [1.807, 2.05) is 16.4 Å². The number of aromatic nitrogens is 3. The molecular formula is C25H25FN4O5. The molecule has 9 nitrogen and oxygen atoms in total. The molecule has 3 heterocycles. The summed E-state index contributed by atoms with van der Waals surface area (Å²) < 4.78 is 38.5. The molecule has 0 radical (unpaired) electrons. The number of aryl methyl sites for hydroxylation is 1. The number of fused-ring (bicyclic) bond motifs is 1. The molecule has 10 heteroatoms. The normalized spacial score (nSPS) is 13.9. The summed E-state index contributed by atoms with van der Waals surface area (Å²) in [6, 6.07) is 8.23. The van der Waals surface area contributed by atoms with Gasteiger partial charge in [0.25, 0.3) is 5.89 Å². The van der Waals surface area contributed by atoms with Crippen molar-refractivity contribution in [1.82, 2.24) is 14.7 Å². The van der Waals surface area contributed by atoms with Gasteiger partial charge in [0.1, 0.15) is 22.9 Å². The number of ether oxygens (including phenoxy) is 3. The van der Waals surface area contributed by atoms with Crippen LogP contribution in [0.15, 0.2) is 45.8 Å². The van der Waals surface area contributed by atoms with Gasteiger partial charge >= 0.3 is 0 Å². The molecule has 0 atom stereocenters. The number of hydrogen-bond acceptors (Lipinski definition) is 8. The fraction of sp³-hybridized carbons (Fsp3) is 0.320. The van der Waals surface area contributed by atoms with Crippen molar-refractivity contribution in [2.24, 2.45) is 0 Å². The topological polar surface area (TPSA) is 91.8 Å². The summed E-state index contributed by atoms with van der Waals surface area (Å²) in [7, 11) is 3.10. The number of rotatable bonds is 6. The number of methoxy groups -OCH3 is 2. The molecular weight excluding hydrogens is 455 g/mol. The fourth-order valence-corrected chi connectivity index (χ4v) is 4.25. The summed E-state index contributed by atoms with van der Waals surface area (Å²) in [4.78, 5) is 19.8. The van der Waals surface area contributed by atoms with Gasteiger partial charge in [-0.2, -0.15) is 4.98 Å². The van der Waals surface area contributed by atoms with E-state index in [9.17, 15) is 4.79 Å². The zero-order chi connectivity index (χ0) is 24.5. The highest BCUT2D eigenvalue weighted by atomic mass is 19.1. The van der Waals surface area contributed by atoms with Crippen LogP contribution in [0.3, 0.4) is 0 Å². The van der Waals surface area contributed by atoms with Crippen LogP contribution in [0, 0.1) is 5.82 Å². The summed E-state index contributed by atoms with van der Waals surface area (Å²) >= 11 is 0. The van der Waals surface area contributed by atoms with Gasteiger partial charge < -0.3 is 28.2 Å². The second-order valence-corrected chi connectivity index (χ2v) is 8.10. The first-order valence-electron chi connectivity index (χ1n) is 11.3. The lowest BCUT2D eigenvalue weighted by molar-refractivity contribution is 0.122. The Morgan fingerprint density at radius 2 is 1.77 bits per heavy atom. The Labute approximate surface area is 200 Å². The molecule has 1 aliphatic heterocycles. The van der Waals surface area contributed by atoms with E-state index in [4.69, 9.17) is 18.7 Å². The van der Waals surface area contributed by atoms with Gasteiger partial charge in [-0.25, -0.2) is 4.39 Å². The highest BCUT2D eigenvalue weighted by Crippen LogP contribution is 2.31. The maximum Gasteiger partial charge on any atom is 0.263 e. The molecule has 0 saturated carbocycles. The molecule has 182 valence electrons. The maximum atomic E-state index is 15.1. The van der Waals surface area contributed by atoms with Crippen LogP contribution in [0.1, 0.15) is 6.92 Å². The van der Waals surface area contributed by atoms with Crippen LogP contribution >= 0.6 is 0 Å². The number of benzene rings is 2. The first-order chi connectivity index (χ1) is 17.0. The van der Waals surface area contributed by atoms with Gasteiger partial charge in [0.05, 0.1) is 38.6 Å². The lowest BCUT2D eigenvalue weighted by Crippen LogP contribution is -2.36. The molecule has 0 spiro atoms. The Hall–Kier alpha value is -3.92. The Bertz CT molecular complexity index is 1420. The number of halogens is 1. The van der Waals surface area contributed by atoms with E-state index in [0.717, 1.165) is 0 Å². The molecule has 0 bridgehead atoms. The molecule has 0 amide bonds. The summed E-state index contributed by atoms with van der Waals surface area (Å²) in [5.74, 6) is 1.00. The minimum absolute atomic E-state index is 0.0496. The molecule has 4 aromatic rings. The van der Waals surface area contributed by atoms with Gasteiger partial charge in [0, 0.05) is 42.8 Å². The number of morpholine rings is 1. The van der Waals surface area contributed by atoms with Gasteiger partial charge in [0.2, 0.25) is 11.3 Å². The third kappa shape index (κ3) is 4.21. The van der Waals surface area contributed by atoms with Gasteiger partial charge in [-0.1, -0.05) is 5.16 Å². The number of nitrogens with zero attached hydrogens (tertiary/aromatic N) is 4. The van der Waals surface area contributed by atoms with Crippen molar-refractivity contribution >= 4 is 16.6 Å². The van der Waals surface area contributed by atoms with Crippen molar-refractivity contribution in [3.63, 3.8) is 0 Å². The van der Waals surface area contributed by atoms with Gasteiger partial charge in [-0.3, -0.25) is 4.79 Å². The minimum Gasteiger partial charge on any atom is -0.497 e. The van der Waals surface area contributed by atoms with E-state index < -0.39 is 5.82 Å². The zero-order valence-electron chi connectivity index (χ0n) is 19.7. The van der Waals surface area contributed by atoms with Gasteiger partial charge in [-0.15, -0.1) is 0 Å². The molecule has 2 aromatic heterocycles. The van der Waals surface area contributed by atoms with Gasteiger partial charge in [0.15, 0.2) is 0 Å². The molecule has 5 rings (SSSR count). The average molecular weight is 480 g/mol. The molecule has 1 aliphatic rings. The van der Waals surface area contributed by atoms with E-state index in [0.29, 0.717) is 61.1 Å². The summed E-state index contributed by atoms with van der Waals surface area (Å²) in [5, 5.41) is 4.30. The lowest BCUT2D eigenvalue weighted by Gasteiger charge is -2.29. The van der Waals surface area contributed by atoms with Crippen LogP contribution in [0.5, 0.6) is 11.5 Å². The third-order valence-electron chi connectivity index (χ3n) is 6.11. The van der Waals surface area contributed by atoms with Crippen LogP contribution in [0.25, 0.3) is 33.7 Å². The van der Waals surface area contributed by atoms with E-state index in [2.05, 4.69) is 10.1 Å². The molecule has 1 saturated heterocycles. The van der Waals surface area contributed by atoms with Crippen molar-refractivity contribution < 1.29 is 23.1 Å². The highest BCUT2D eigenvalue weighted by Gasteiger charge is 2.21. The van der Waals surface area contributed by atoms with Crippen molar-refractivity contribution in [2.45, 2.75) is 13.5 Å². The van der Waals surface area contributed by atoms with E-state index in [-0.39, 0.29) is 28.1 Å². The molecule has 1 fully saturated rings. The Kier molecular flexibility index (Phi) is 6.12. The summed E-state index contributed by atoms with van der Waals surface area (Å²) in [6.45, 7) is 4.78. The molecule has 0 N–H and O–H groups in total. The smallest absolute Gasteiger partial charge is 0.263 e. The highest BCUT2D eigenvalue weighted by molar-refractivity contribution is 5.86. The van der Waals surface area contributed by atoms with Crippen LogP contribution in [-0.4, -0.2) is 55.2 Å². The van der Waals surface area contributed by atoms with Crippen molar-refractivity contribution in [1.29, 1.82) is 0 Å². The minimum atomic E-state index is -0.453. The second kappa shape index (κ2) is 9.38. The molecule has 0 aliphatic carbocycles. The van der Waals surface area contributed by atoms with E-state index in [1.54, 1.807) is 44.7 Å². The van der Waals surface area contributed by atoms with Crippen LogP contribution in [0.4, 0.5) is 10.1 Å². The Balaban J connectivity index is 1.60. The standard InChI is InChI=1S/C25H25FN4O5/c1-4-29-14-19(25-27-24(28-35-25)15-9-16(32-2)11-17(10-15)33-3)23(31)18-12-20(26)22(13-21(18)29)30-5-7-34-8-6-30/h9-14H,4-8H2,1-3H3. The van der Waals surface area contributed by atoms with Crippen LogP contribution < -0.4 is 19.8 Å². The zero-order valence-corrected chi connectivity index (χ0v) is 19.7. The largest absolute Gasteiger partial charge is 0.497 e. The monoisotopic (exact) mass is 480 g/mol. The lowest BCUT2D eigenvalue weighted by atomic mass is 10.1. The van der Waals surface area contributed by atoms with Crippen LogP contribution in [0.2, 0.25) is 0 Å². The van der Waals surface area contributed by atoms with E-state index in [1.165, 1.54) is 6.07 Å². The quantitative estimate of drug-likeness (QED) is 0.412. The first kappa shape index (κ1) is 22.9. The molecule has 35 heavy (non-hydrogen) atoms. The predicted octanol–water partition coefficient (Wildman–Crippen LogP) is 3.73. The number of hydrogen-bond donors (Lipinski definition) is 0. The first-order valence-corrected chi connectivity index (χ1v) is 11.3. The fourth-order valence-electron chi connectivity index (χ4n) is 4.25. The predicted molar refractivity (Wildman–Crippen MR) is 129 cm³/mol. The summed E-state index contributed by atoms with van der Waals surface area (Å²) in [5.41, 5.74) is 1.53. The summed E-state index contributed by atoms with van der Waals surface area (Å²) in [6.07, 6.45) is 1.68. The average Bonchev–Trinajstić information content (AvgIpc) is 3.39. The number of anilines is 1. The van der Waals surface area contributed by atoms with Crippen molar-refractivity contribution in [2.75, 3.05) is 45.4 Å². The molecule has 0 unspecified atom stereocenters. The second-order valence-electron chi connectivity index (χ2n) is 8.10. The SMILES string of the molecule is CCn1cc(-c2nc(-c3cc(OC)cc(OC)c3)no2)c(=O)c2cc(F)c(N3CCOCC3)cc21.